The molecule has 0 bridgehead atoms. The van der Waals surface area contributed by atoms with Crippen molar-refractivity contribution in [3.05, 3.63) is 21.3 Å². The second-order valence-corrected chi connectivity index (χ2v) is 6.88. The predicted molar refractivity (Wildman–Crippen MR) is 73.9 cm³/mol. The van der Waals surface area contributed by atoms with Crippen molar-refractivity contribution >= 4 is 28.8 Å². The third-order valence-corrected chi connectivity index (χ3v) is 4.83. The molecule has 1 aromatic heterocycles. The average molecular weight is 285 g/mol. The summed E-state index contributed by atoms with van der Waals surface area (Å²) in [7, 11) is 0. The van der Waals surface area contributed by atoms with Gasteiger partial charge in [0.2, 0.25) is 5.91 Å². The normalized spacial score (nSPS) is 21.3. The Hall–Kier alpha value is -0.580. The zero-order valence-corrected chi connectivity index (χ0v) is 11.8. The van der Waals surface area contributed by atoms with Crippen LogP contribution in [0, 0.1) is 5.92 Å². The SMILES string of the molecule is O=C(C1CC1)N1CCN(Cc2ccc(Cl)s2)CC1. The van der Waals surface area contributed by atoms with E-state index < -0.39 is 0 Å². The second kappa shape index (κ2) is 5.19. The highest BCUT2D eigenvalue weighted by Crippen LogP contribution is 2.31. The summed E-state index contributed by atoms with van der Waals surface area (Å²) in [5.74, 6) is 0.737. The molecule has 0 aromatic carbocycles. The van der Waals surface area contributed by atoms with Gasteiger partial charge < -0.3 is 4.90 Å². The standard InChI is InChI=1S/C13H17ClN2OS/c14-12-4-3-11(18-12)9-15-5-7-16(8-6-15)13(17)10-1-2-10/h3-4,10H,1-2,5-9H2. The van der Waals surface area contributed by atoms with Gasteiger partial charge in [-0.2, -0.15) is 0 Å². The van der Waals surface area contributed by atoms with Crippen LogP contribution >= 0.6 is 22.9 Å². The van der Waals surface area contributed by atoms with Crippen LogP contribution in [0.4, 0.5) is 0 Å². The summed E-state index contributed by atoms with van der Waals surface area (Å²) in [4.78, 5) is 17.7. The van der Waals surface area contributed by atoms with Gasteiger partial charge in [-0.3, -0.25) is 9.69 Å². The molecular formula is C13H17ClN2OS. The first-order valence-electron chi connectivity index (χ1n) is 6.48. The molecule has 98 valence electrons. The zero-order chi connectivity index (χ0) is 12.5. The number of nitrogens with zero attached hydrogens (tertiary/aromatic N) is 2. The summed E-state index contributed by atoms with van der Waals surface area (Å²) in [6, 6.07) is 4.04. The lowest BCUT2D eigenvalue weighted by molar-refractivity contribution is -0.134. The number of carbonyl (C=O) groups is 1. The molecule has 1 saturated heterocycles. The minimum atomic E-state index is 0.354. The summed E-state index contributed by atoms with van der Waals surface area (Å²) in [5, 5.41) is 0. The minimum Gasteiger partial charge on any atom is -0.340 e. The molecule has 1 aliphatic heterocycles. The minimum absolute atomic E-state index is 0.354. The fourth-order valence-electron chi connectivity index (χ4n) is 2.37. The van der Waals surface area contributed by atoms with Crippen molar-refractivity contribution in [2.45, 2.75) is 19.4 Å². The van der Waals surface area contributed by atoms with Crippen LogP contribution in [-0.4, -0.2) is 41.9 Å². The van der Waals surface area contributed by atoms with E-state index in [1.165, 1.54) is 4.88 Å². The summed E-state index contributed by atoms with van der Waals surface area (Å²) in [5.41, 5.74) is 0. The molecule has 3 rings (SSSR count). The lowest BCUT2D eigenvalue weighted by Gasteiger charge is -2.34. The van der Waals surface area contributed by atoms with Crippen molar-refractivity contribution in [1.82, 2.24) is 9.80 Å². The topological polar surface area (TPSA) is 23.6 Å². The van der Waals surface area contributed by atoms with E-state index in [0.29, 0.717) is 11.8 Å². The number of halogens is 1. The van der Waals surface area contributed by atoms with Crippen molar-refractivity contribution in [2.75, 3.05) is 26.2 Å². The Balaban J connectivity index is 1.49. The largest absolute Gasteiger partial charge is 0.340 e. The summed E-state index contributed by atoms with van der Waals surface area (Å²) in [6.45, 7) is 4.69. The number of carbonyl (C=O) groups excluding carboxylic acids is 1. The maximum atomic E-state index is 11.9. The van der Waals surface area contributed by atoms with E-state index in [4.69, 9.17) is 11.6 Å². The van der Waals surface area contributed by atoms with Crippen LogP contribution in [0.5, 0.6) is 0 Å². The smallest absolute Gasteiger partial charge is 0.225 e. The van der Waals surface area contributed by atoms with E-state index in [1.807, 2.05) is 11.0 Å². The van der Waals surface area contributed by atoms with Crippen molar-refractivity contribution in [1.29, 1.82) is 0 Å². The maximum Gasteiger partial charge on any atom is 0.225 e. The molecule has 18 heavy (non-hydrogen) atoms. The number of hydrogen-bond donors (Lipinski definition) is 0. The van der Waals surface area contributed by atoms with Gasteiger partial charge in [-0.05, 0) is 25.0 Å². The highest BCUT2D eigenvalue weighted by atomic mass is 35.5. The number of thiophene rings is 1. The molecule has 0 atom stereocenters. The predicted octanol–water partition coefficient (Wildman–Crippen LogP) is 2.46. The van der Waals surface area contributed by atoms with E-state index in [0.717, 1.165) is 49.9 Å². The van der Waals surface area contributed by atoms with Gasteiger partial charge in [0.15, 0.2) is 0 Å². The quantitative estimate of drug-likeness (QED) is 0.851. The van der Waals surface area contributed by atoms with Crippen LogP contribution in [0.25, 0.3) is 0 Å². The number of hydrogen-bond acceptors (Lipinski definition) is 3. The van der Waals surface area contributed by atoms with Crippen molar-refractivity contribution in [3.63, 3.8) is 0 Å². The van der Waals surface area contributed by atoms with Crippen LogP contribution in [-0.2, 0) is 11.3 Å². The van der Waals surface area contributed by atoms with Gasteiger partial charge in [-0.15, -0.1) is 11.3 Å². The monoisotopic (exact) mass is 284 g/mol. The summed E-state index contributed by atoms with van der Waals surface area (Å²) in [6.07, 6.45) is 2.21. The molecule has 1 amide bonds. The third kappa shape index (κ3) is 2.87. The van der Waals surface area contributed by atoms with E-state index in [9.17, 15) is 4.79 Å². The van der Waals surface area contributed by atoms with Crippen molar-refractivity contribution < 1.29 is 4.79 Å². The molecular weight excluding hydrogens is 268 g/mol. The fraction of sp³-hybridized carbons (Fsp3) is 0.615. The number of rotatable bonds is 3. The first kappa shape index (κ1) is 12.5. The molecule has 2 aliphatic rings. The van der Waals surface area contributed by atoms with Gasteiger partial charge in [0.05, 0.1) is 4.34 Å². The van der Waals surface area contributed by atoms with Crippen LogP contribution in [0.1, 0.15) is 17.7 Å². The number of piperazine rings is 1. The molecule has 2 heterocycles. The van der Waals surface area contributed by atoms with E-state index in [2.05, 4.69) is 11.0 Å². The Labute approximate surface area is 116 Å². The first-order chi connectivity index (χ1) is 8.72. The molecule has 0 unspecified atom stereocenters. The van der Waals surface area contributed by atoms with Gasteiger partial charge in [0, 0.05) is 43.5 Å². The van der Waals surface area contributed by atoms with E-state index in [-0.39, 0.29) is 0 Å². The van der Waals surface area contributed by atoms with E-state index >= 15 is 0 Å². The highest BCUT2D eigenvalue weighted by Gasteiger charge is 2.34. The molecule has 5 heteroatoms. The van der Waals surface area contributed by atoms with Gasteiger partial charge in [-0.25, -0.2) is 0 Å². The first-order valence-corrected chi connectivity index (χ1v) is 7.67. The lowest BCUT2D eigenvalue weighted by atomic mass is 10.2. The highest BCUT2D eigenvalue weighted by molar-refractivity contribution is 7.16. The third-order valence-electron chi connectivity index (χ3n) is 3.62. The fourth-order valence-corrected chi connectivity index (χ4v) is 3.50. The Morgan fingerprint density at radius 3 is 2.56 bits per heavy atom. The molecule has 1 aliphatic carbocycles. The van der Waals surface area contributed by atoms with E-state index in [1.54, 1.807) is 11.3 Å². The Kier molecular flexibility index (Phi) is 3.59. The van der Waals surface area contributed by atoms with Crippen LogP contribution in [0.15, 0.2) is 12.1 Å². The molecule has 3 nitrogen and oxygen atoms in total. The average Bonchev–Trinajstić information content (AvgIpc) is 3.14. The molecule has 1 saturated carbocycles. The second-order valence-electron chi connectivity index (χ2n) is 5.08. The summed E-state index contributed by atoms with van der Waals surface area (Å²) >= 11 is 7.58. The Morgan fingerprint density at radius 1 is 1.28 bits per heavy atom. The van der Waals surface area contributed by atoms with Gasteiger partial charge >= 0.3 is 0 Å². The Bertz CT molecular complexity index is 436. The molecule has 1 aromatic rings. The molecule has 0 N–H and O–H groups in total. The summed E-state index contributed by atoms with van der Waals surface area (Å²) < 4.78 is 0.854. The van der Waals surface area contributed by atoms with Crippen molar-refractivity contribution in [3.8, 4) is 0 Å². The maximum absolute atomic E-state index is 11.9. The van der Waals surface area contributed by atoms with Gasteiger partial charge in [0.25, 0.3) is 0 Å². The molecule has 0 radical (unpaired) electrons. The van der Waals surface area contributed by atoms with Crippen LogP contribution in [0.2, 0.25) is 4.34 Å². The van der Waals surface area contributed by atoms with Gasteiger partial charge in [0.1, 0.15) is 0 Å². The lowest BCUT2D eigenvalue weighted by Crippen LogP contribution is -2.48. The van der Waals surface area contributed by atoms with Gasteiger partial charge in [-0.1, -0.05) is 11.6 Å². The molecule has 0 spiro atoms. The van der Waals surface area contributed by atoms with Crippen LogP contribution in [0.3, 0.4) is 0 Å². The zero-order valence-electron chi connectivity index (χ0n) is 10.3. The van der Waals surface area contributed by atoms with Crippen LogP contribution < -0.4 is 0 Å². The molecule has 2 fully saturated rings. The Morgan fingerprint density at radius 2 is 2.00 bits per heavy atom. The van der Waals surface area contributed by atoms with Crippen molar-refractivity contribution in [2.24, 2.45) is 5.92 Å². The number of amides is 1.